The van der Waals surface area contributed by atoms with Crippen LogP contribution in [0.1, 0.15) is 32.6 Å². The average molecular weight is 288 g/mol. The summed E-state index contributed by atoms with van der Waals surface area (Å²) in [4.78, 5) is 16.1. The van der Waals surface area contributed by atoms with E-state index in [1.165, 1.54) is 0 Å². The second kappa shape index (κ2) is 6.22. The Hall–Kier alpha value is -0.620. The van der Waals surface area contributed by atoms with Crippen LogP contribution >= 0.6 is 0 Å². The highest BCUT2D eigenvalue weighted by Gasteiger charge is 2.31. The summed E-state index contributed by atoms with van der Waals surface area (Å²) in [5.74, 6) is 0.782. The Bertz CT molecular complexity index is 416. The van der Waals surface area contributed by atoms with Crippen molar-refractivity contribution in [2.24, 2.45) is 0 Å². The maximum atomic E-state index is 12.0. The van der Waals surface area contributed by atoms with Gasteiger partial charge in [0.25, 0.3) is 0 Å². The van der Waals surface area contributed by atoms with Crippen molar-refractivity contribution in [1.29, 1.82) is 0 Å². The molecule has 6 heteroatoms. The van der Waals surface area contributed by atoms with Gasteiger partial charge in [0.15, 0.2) is 9.84 Å². The molecule has 2 heterocycles. The molecule has 110 valence electrons. The monoisotopic (exact) mass is 288 g/mol. The number of rotatable bonds is 5. The lowest BCUT2D eigenvalue weighted by Crippen LogP contribution is -2.39. The zero-order valence-electron chi connectivity index (χ0n) is 11.7. The van der Waals surface area contributed by atoms with Gasteiger partial charge >= 0.3 is 0 Å². The summed E-state index contributed by atoms with van der Waals surface area (Å²) in [5, 5.41) is 0. The summed E-state index contributed by atoms with van der Waals surface area (Å²) in [7, 11) is -2.84. The molecule has 2 fully saturated rings. The highest BCUT2D eigenvalue weighted by molar-refractivity contribution is 7.91. The number of hydrogen-bond donors (Lipinski definition) is 0. The third-order valence-corrected chi connectivity index (χ3v) is 5.95. The van der Waals surface area contributed by atoms with Crippen molar-refractivity contribution in [3.8, 4) is 0 Å². The second-order valence-corrected chi connectivity index (χ2v) is 7.75. The minimum atomic E-state index is -2.84. The quantitative estimate of drug-likeness (QED) is 0.739. The van der Waals surface area contributed by atoms with E-state index in [4.69, 9.17) is 0 Å². The van der Waals surface area contributed by atoms with Crippen LogP contribution in [0.15, 0.2) is 0 Å². The van der Waals surface area contributed by atoms with Crippen LogP contribution in [-0.2, 0) is 14.6 Å². The van der Waals surface area contributed by atoms with Crippen LogP contribution in [0.25, 0.3) is 0 Å². The second-order valence-electron chi connectivity index (χ2n) is 5.52. The molecule has 0 spiro atoms. The summed E-state index contributed by atoms with van der Waals surface area (Å²) in [6.45, 7) is 5.32. The molecule has 2 aliphatic heterocycles. The fourth-order valence-corrected chi connectivity index (χ4v) is 4.79. The Balaban J connectivity index is 1.81. The molecule has 0 aromatic heterocycles. The van der Waals surface area contributed by atoms with Crippen molar-refractivity contribution >= 4 is 15.7 Å². The lowest BCUT2D eigenvalue weighted by Gasteiger charge is -2.27. The fraction of sp³-hybridized carbons (Fsp3) is 0.923. The number of carbonyl (C=O) groups excluding carboxylic acids is 1. The molecule has 2 rings (SSSR count). The summed E-state index contributed by atoms with van der Waals surface area (Å²) >= 11 is 0. The minimum absolute atomic E-state index is 0.112. The van der Waals surface area contributed by atoms with Crippen LogP contribution < -0.4 is 0 Å². The standard InChI is InChI=1S/C13H24N2O3S/c1-2-14(12-6-10-19(17,18)11-12)9-5-13(16)15-7-3-4-8-15/h12H,2-11H2,1H3. The molecule has 0 bridgehead atoms. The van der Waals surface area contributed by atoms with E-state index >= 15 is 0 Å². The van der Waals surface area contributed by atoms with Gasteiger partial charge in [-0.25, -0.2) is 8.42 Å². The molecule has 1 atom stereocenters. The van der Waals surface area contributed by atoms with Crippen molar-refractivity contribution in [3.63, 3.8) is 0 Å². The lowest BCUT2D eigenvalue weighted by atomic mass is 10.2. The van der Waals surface area contributed by atoms with Gasteiger partial charge in [-0.1, -0.05) is 6.92 Å². The summed E-state index contributed by atoms with van der Waals surface area (Å²) in [5.41, 5.74) is 0. The Morgan fingerprint density at radius 2 is 2.00 bits per heavy atom. The van der Waals surface area contributed by atoms with E-state index in [0.717, 1.165) is 32.5 Å². The first-order valence-corrected chi connectivity index (χ1v) is 9.06. The van der Waals surface area contributed by atoms with Gasteiger partial charge in [0.1, 0.15) is 0 Å². The largest absolute Gasteiger partial charge is 0.343 e. The Morgan fingerprint density at radius 3 is 2.53 bits per heavy atom. The van der Waals surface area contributed by atoms with E-state index in [1.807, 2.05) is 11.8 Å². The maximum Gasteiger partial charge on any atom is 0.223 e. The van der Waals surface area contributed by atoms with Gasteiger partial charge in [0, 0.05) is 32.1 Å². The number of nitrogens with zero attached hydrogens (tertiary/aromatic N) is 2. The number of sulfone groups is 1. The van der Waals surface area contributed by atoms with Crippen LogP contribution in [0, 0.1) is 0 Å². The number of amides is 1. The van der Waals surface area contributed by atoms with Crippen molar-refractivity contribution in [2.75, 3.05) is 37.7 Å². The molecule has 0 aliphatic carbocycles. The van der Waals surface area contributed by atoms with E-state index in [9.17, 15) is 13.2 Å². The topological polar surface area (TPSA) is 57.7 Å². The van der Waals surface area contributed by atoms with Gasteiger partial charge in [-0.2, -0.15) is 0 Å². The van der Waals surface area contributed by atoms with Gasteiger partial charge in [-0.05, 0) is 25.8 Å². The number of hydrogen-bond acceptors (Lipinski definition) is 4. The smallest absolute Gasteiger partial charge is 0.223 e. The van der Waals surface area contributed by atoms with Crippen LogP contribution in [0.3, 0.4) is 0 Å². The van der Waals surface area contributed by atoms with Crippen LogP contribution in [-0.4, -0.2) is 67.9 Å². The molecule has 2 aliphatic rings. The first-order valence-electron chi connectivity index (χ1n) is 7.24. The maximum absolute atomic E-state index is 12.0. The molecule has 1 unspecified atom stereocenters. The molecular weight excluding hydrogens is 264 g/mol. The Kier molecular flexibility index (Phi) is 4.84. The van der Waals surface area contributed by atoms with Crippen LogP contribution in [0.5, 0.6) is 0 Å². The summed E-state index contributed by atoms with van der Waals surface area (Å²) in [6.07, 6.45) is 3.46. The van der Waals surface area contributed by atoms with Gasteiger partial charge in [-0.15, -0.1) is 0 Å². The first-order chi connectivity index (χ1) is 9.02. The molecule has 1 amide bonds. The summed E-state index contributed by atoms with van der Waals surface area (Å²) in [6, 6.07) is 0.112. The molecule has 0 aromatic rings. The normalized spacial score (nSPS) is 26.2. The predicted octanol–water partition coefficient (Wildman–Crippen LogP) is 0.508. The SMILES string of the molecule is CCN(CCC(=O)N1CCCC1)C1CCS(=O)(=O)C1. The van der Waals surface area contributed by atoms with Crippen LogP contribution in [0.2, 0.25) is 0 Å². The third-order valence-electron chi connectivity index (χ3n) is 4.20. The molecule has 0 N–H and O–H groups in total. The van der Waals surface area contributed by atoms with E-state index < -0.39 is 9.84 Å². The molecule has 19 heavy (non-hydrogen) atoms. The third kappa shape index (κ3) is 3.92. The predicted molar refractivity (Wildman–Crippen MR) is 74.7 cm³/mol. The highest BCUT2D eigenvalue weighted by atomic mass is 32.2. The van der Waals surface area contributed by atoms with Crippen molar-refractivity contribution in [1.82, 2.24) is 9.80 Å². The van der Waals surface area contributed by atoms with Gasteiger partial charge in [0.2, 0.25) is 5.91 Å². The van der Waals surface area contributed by atoms with Gasteiger partial charge in [0.05, 0.1) is 11.5 Å². The molecule has 2 saturated heterocycles. The lowest BCUT2D eigenvalue weighted by molar-refractivity contribution is -0.130. The first kappa shape index (κ1) is 14.8. The Morgan fingerprint density at radius 1 is 1.32 bits per heavy atom. The minimum Gasteiger partial charge on any atom is -0.343 e. The van der Waals surface area contributed by atoms with Gasteiger partial charge < -0.3 is 4.90 Å². The zero-order chi connectivity index (χ0) is 13.9. The number of likely N-dealkylation sites (tertiary alicyclic amines) is 1. The average Bonchev–Trinajstić information content (AvgIpc) is 2.99. The Labute approximate surface area is 115 Å². The summed E-state index contributed by atoms with van der Waals surface area (Å²) < 4.78 is 23.0. The number of carbonyl (C=O) groups is 1. The van der Waals surface area contributed by atoms with Gasteiger partial charge in [-0.3, -0.25) is 9.69 Å². The van der Waals surface area contributed by atoms with E-state index in [1.54, 1.807) is 0 Å². The van der Waals surface area contributed by atoms with E-state index in [-0.39, 0.29) is 17.7 Å². The van der Waals surface area contributed by atoms with Crippen molar-refractivity contribution in [2.45, 2.75) is 38.6 Å². The van der Waals surface area contributed by atoms with Crippen molar-refractivity contribution in [3.05, 3.63) is 0 Å². The molecule has 0 aromatic carbocycles. The molecule has 0 radical (unpaired) electrons. The molecule has 0 saturated carbocycles. The van der Waals surface area contributed by atoms with Crippen molar-refractivity contribution < 1.29 is 13.2 Å². The zero-order valence-corrected chi connectivity index (χ0v) is 12.5. The van der Waals surface area contributed by atoms with E-state index in [0.29, 0.717) is 25.1 Å². The molecule has 5 nitrogen and oxygen atoms in total. The van der Waals surface area contributed by atoms with Crippen LogP contribution in [0.4, 0.5) is 0 Å². The fourth-order valence-electron chi connectivity index (χ4n) is 3.03. The highest BCUT2D eigenvalue weighted by Crippen LogP contribution is 2.18. The van der Waals surface area contributed by atoms with E-state index in [2.05, 4.69) is 4.90 Å². The molecular formula is C13H24N2O3S.